The van der Waals surface area contributed by atoms with Crippen molar-refractivity contribution in [2.45, 2.75) is 13.0 Å². The Morgan fingerprint density at radius 1 is 1.30 bits per heavy atom. The first-order valence-corrected chi connectivity index (χ1v) is 5.82. The van der Waals surface area contributed by atoms with Crippen LogP contribution >= 0.6 is 0 Å². The molecule has 2 aromatic rings. The standard InChI is InChI=1S/C12H12F2N4O2/c13-8-3-7(4-9(14)5-8)6-18-10(1-2-15)11(12(19)20)16-17-18/h3-5H,1-2,6,15H2,(H,19,20). The number of benzene rings is 1. The summed E-state index contributed by atoms with van der Waals surface area (Å²) in [6, 6.07) is 3.06. The van der Waals surface area contributed by atoms with Gasteiger partial charge in [0.05, 0.1) is 12.2 Å². The van der Waals surface area contributed by atoms with E-state index in [-0.39, 0.29) is 25.2 Å². The highest BCUT2D eigenvalue weighted by molar-refractivity contribution is 5.86. The maximum absolute atomic E-state index is 13.1. The van der Waals surface area contributed by atoms with Crippen molar-refractivity contribution in [3.05, 3.63) is 46.8 Å². The van der Waals surface area contributed by atoms with E-state index in [4.69, 9.17) is 10.8 Å². The summed E-state index contributed by atoms with van der Waals surface area (Å²) in [6.07, 6.45) is 0.256. The predicted molar refractivity (Wildman–Crippen MR) is 65.2 cm³/mol. The average Bonchev–Trinajstić information content (AvgIpc) is 2.72. The van der Waals surface area contributed by atoms with Crippen LogP contribution in [-0.4, -0.2) is 32.6 Å². The molecule has 0 fully saturated rings. The molecule has 0 aliphatic rings. The number of aromatic carboxylic acids is 1. The Bertz CT molecular complexity index is 622. The van der Waals surface area contributed by atoms with E-state index in [0.29, 0.717) is 11.3 Å². The van der Waals surface area contributed by atoms with Gasteiger partial charge in [-0.15, -0.1) is 5.10 Å². The number of hydrogen-bond acceptors (Lipinski definition) is 4. The summed E-state index contributed by atoms with van der Waals surface area (Å²) in [6.45, 7) is 0.232. The van der Waals surface area contributed by atoms with Gasteiger partial charge in [-0.25, -0.2) is 18.3 Å². The number of aromatic nitrogens is 3. The monoisotopic (exact) mass is 282 g/mol. The van der Waals surface area contributed by atoms with Crippen molar-refractivity contribution in [2.75, 3.05) is 6.54 Å². The van der Waals surface area contributed by atoms with E-state index >= 15 is 0 Å². The average molecular weight is 282 g/mol. The van der Waals surface area contributed by atoms with Crippen LogP contribution in [0.15, 0.2) is 18.2 Å². The van der Waals surface area contributed by atoms with Crippen LogP contribution < -0.4 is 5.73 Å². The molecule has 8 heteroatoms. The lowest BCUT2D eigenvalue weighted by Crippen LogP contribution is -2.14. The molecule has 0 aliphatic carbocycles. The molecule has 6 nitrogen and oxygen atoms in total. The third-order valence-electron chi connectivity index (χ3n) is 2.68. The minimum absolute atomic E-state index is 0.0181. The normalized spacial score (nSPS) is 10.8. The van der Waals surface area contributed by atoms with Gasteiger partial charge in [0.1, 0.15) is 11.6 Å². The van der Waals surface area contributed by atoms with Crippen molar-refractivity contribution in [1.29, 1.82) is 0 Å². The van der Waals surface area contributed by atoms with E-state index in [1.807, 2.05) is 0 Å². The molecule has 1 heterocycles. The van der Waals surface area contributed by atoms with Crippen molar-refractivity contribution in [2.24, 2.45) is 5.73 Å². The maximum atomic E-state index is 13.1. The fourth-order valence-electron chi connectivity index (χ4n) is 1.89. The van der Waals surface area contributed by atoms with Gasteiger partial charge in [-0.1, -0.05) is 5.21 Å². The zero-order valence-electron chi connectivity index (χ0n) is 10.4. The lowest BCUT2D eigenvalue weighted by Gasteiger charge is -2.06. The lowest BCUT2D eigenvalue weighted by molar-refractivity contribution is 0.0689. The second-order valence-electron chi connectivity index (χ2n) is 4.16. The number of halogens is 2. The molecule has 0 saturated heterocycles. The number of carboxylic acid groups (broad SMARTS) is 1. The third-order valence-corrected chi connectivity index (χ3v) is 2.68. The van der Waals surface area contributed by atoms with E-state index in [9.17, 15) is 13.6 Å². The van der Waals surface area contributed by atoms with Crippen LogP contribution in [0.5, 0.6) is 0 Å². The van der Waals surface area contributed by atoms with Gasteiger partial charge < -0.3 is 10.8 Å². The molecule has 0 amide bonds. The van der Waals surface area contributed by atoms with E-state index in [0.717, 1.165) is 18.2 Å². The number of nitrogens with zero attached hydrogens (tertiary/aromatic N) is 3. The summed E-state index contributed by atoms with van der Waals surface area (Å²) < 4.78 is 27.5. The first-order valence-electron chi connectivity index (χ1n) is 5.82. The van der Waals surface area contributed by atoms with E-state index < -0.39 is 17.6 Å². The summed E-state index contributed by atoms with van der Waals surface area (Å²) in [5.74, 6) is -2.64. The van der Waals surface area contributed by atoms with Crippen LogP contribution in [0.4, 0.5) is 8.78 Å². The van der Waals surface area contributed by atoms with Gasteiger partial charge in [-0.2, -0.15) is 0 Å². The number of rotatable bonds is 5. The van der Waals surface area contributed by atoms with Crippen LogP contribution in [-0.2, 0) is 13.0 Å². The number of carbonyl (C=O) groups is 1. The summed E-state index contributed by atoms with van der Waals surface area (Å²) in [7, 11) is 0. The summed E-state index contributed by atoms with van der Waals surface area (Å²) >= 11 is 0. The lowest BCUT2D eigenvalue weighted by atomic mass is 10.2. The van der Waals surface area contributed by atoms with Gasteiger partial charge in [-0.05, 0) is 24.2 Å². The van der Waals surface area contributed by atoms with Crippen molar-refractivity contribution in [1.82, 2.24) is 15.0 Å². The number of carboxylic acids is 1. The molecule has 0 spiro atoms. The molecule has 1 aromatic heterocycles. The second kappa shape index (κ2) is 5.74. The zero-order chi connectivity index (χ0) is 14.7. The highest BCUT2D eigenvalue weighted by Crippen LogP contribution is 2.12. The Hall–Kier alpha value is -2.35. The molecule has 3 N–H and O–H groups in total. The van der Waals surface area contributed by atoms with Crippen LogP contribution in [0.1, 0.15) is 21.7 Å². The van der Waals surface area contributed by atoms with Gasteiger partial charge >= 0.3 is 5.97 Å². The van der Waals surface area contributed by atoms with Gasteiger partial charge in [0.2, 0.25) is 0 Å². The molecular weight excluding hydrogens is 270 g/mol. The first kappa shape index (κ1) is 14.1. The summed E-state index contributed by atoms with van der Waals surface area (Å²) in [5, 5.41) is 16.2. The van der Waals surface area contributed by atoms with Crippen LogP contribution in [0.3, 0.4) is 0 Å². The third kappa shape index (κ3) is 2.97. The fraction of sp³-hybridized carbons (Fsp3) is 0.250. The Morgan fingerprint density at radius 3 is 2.50 bits per heavy atom. The van der Waals surface area contributed by atoms with Gasteiger partial charge in [0.25, 0.3) is 0 Å². The molecule has 20 heavy (non-hydrogen) atoms. The molecule has 0 bridgehead atoms. The van der Waals surface area contributed by atoms with Crippen molar-refractivity contribution < 1.29 is 18.7 Å². The highest BCUT2D eigenvalue weighted by atomic mass is 19.1. The molecule has 0 unspecified atom stereocenters. The highest BCUT2D eigenvalue weighted by Gasteiger charge is 2.18. The molecule has 0 aliphatic heterocycles. The van der Waals surface area contributed by atoms with Crippen LogP contribution in [0.2, 0.25) is 0 Å². The van der Waals surface area contributed by atoms with Crippen LogP contribution in [0, 0.1) is 11.6 Å². The largest absolute Gasteiger partial charge is 0.476 e. The quantitative estimate of drug-likeness (QED) is 0.846. The minimum atomic E-state index is -1.22. The number of hydrogen-bond donors (Lipinski definition) is 2. The van der Waals surface area contributed by atoms with Crippen molar-refractivity contribution in [3.8, 4) is 0 Å². The van der Waals surface area contributed by atoms with Crippen LogP contribution in [0.25, 0.3) is 0 Å². The SMILES string of the molecule is NCCc1c(C(=O)O)nnn1Cc1cc(F)cc(F)c1. The summed E-state index contributed by atoms with van der Waals surface area (Å²) in [5.41, 5.74) is 5.86. The van der Waals surface area contributed by atoms with Gasteiger partial charge in [0, 0.05) is 12.5 Å². The molecule has 0 atom stereocenters. The Balaban J connectivity index is 2.35. The zero-order valence-corrected chi connectivity index (χ0v) is 10.4. The fourth-order valence-corrected chi connectivity index (χ4v) is 1.89. The van der Waals surface area contributed by atoms with Gasteiger partial charge in [0.15, 0.2) is 5.69 Å². The molecule has 0 radical (unpaired) electrons. The molecular formula is C12H12F2N4O2. The maximum Gasteiger partial charge on any atom is 0.358 e. The minimum Gasteiger partial charge on any atom is -0.476 e. The van der Waals surface area contributed by atoms with Crippen molar-refractivity contribution >= 4 is 5.97 Å². The van der Waals surface area contributed by atoms with Crippen molar-refractivity contribution in [3.63, 3.8) is 0 Å². The Kier molecular flexibility index (Phi) is 4.04. The smallest absolute Gasteiger partial charge is 0.358 e. The Morgan fingerprint density at radius 2 is 1.95 bits per heavy atom. The van der Waals surface area contributed by atoms with E-state index in [2.05, 4.69) is 10.3 Å². The van der Waals surface area contributed by atoms with E-state index in [1.165, 1.54) is 4.68 Å². The number of nitrogens with two attached hydrogens (primary N) is 1. The van der Waals surface area contributed by atoms with Gasteiger partial charge in [-0.3, -0.25) is 0 Å². The second-order valence-corrected chi connectivity index (χ2v) is 4.16. The molecule has 106 valence electrons. The van der Waals surface area contributed by atoms with E-state index in [1.54, 1.807) is 0 Å². The Labute approximate surface area is 112 Å². The molecule has 0 saturated carbocycles. The predicted octanol–water partition coefficient (Wildman–Crippen LogP) is 0.804. The summed E-state index contributed by atoms with van der Waals surface area (Å²) in [4.78, 5) is 11.0. The topological polar surface area (TPSA) is 94.0 Å². The molecule has 2 rings (SSSR count). The first-order chi connectivity index (χ1) is 9.51. The molecule has 1 aromatic carbocycles.